The molecule has 1 aromatic heterocycles. The van der Waals surface area contributed by atoms with Crippen molar-refractivity contribution in [1.82, 2.24) is 4.90 Å². The van der Waals surface area contributed by atoms with Gasteiger partial charge in [0.2, 0.25) is 0 Å². The predicted octanol–water partition coefficient (Wildman–Crippen LogP) is 2.95. The Bertz CT molecular complexity index is 677. The molecule has 0 amide bonds. The van der Waals surface area contributed by atoms with Crippen LogP contribution in [0.4, 0.5) is 0 Å². The van der Waals surface area contributed by atoms with Gasteiger partial charge in [-0.05, 0) is 43.3 Å². The van der Waals surface area contributed by atoms with Crippen molar-refractivity contribution in [3.8, 4) is 0 Å². The average molecular weight is 305 g/mol. The Kier molecular flexibility index (Phi) is 3.73. The molecule has 2 aromatic rings. The molecule has 0 spiro atoms. The zero-order chi connectivity index (χ0) is 15.0. The fraction of sp³-hybridized carbons (Fsp3) is 0.438. The number of benzene rings is 1. The summed E-state index contributed by atoms with van der Waals surface area (Å²) in [6, 6.07) is 7.81. The van der Waals surface area contributed by atoms with Crippen LogP contribution in [0.1, 0.15) is 35.0 Å². The molecular weight excluding hydrogens is 286 g/mol. The fourth-order valence-electron chi connectivity index (χ4n) is 3.11. The smallest absolute Gasteiger partial charge is 0.346 e. The summed E-state index contributed by atoms with van der Waals surface area (Å²) in [6.45, 7) is 3.93. The maximum atomic E-state index is 11.5. The molecular formula is C16H19NO3S. The number of hydrogen-bond donors (Lipinski definition) is 2. The first-order chi connectivity index (χ1) is 9.96. The summed E-state index contributed by atoms with van der Waals surface area (Å²) >= 11 is 1.33. The summed E-state index contributed by atoms with van der Waals surface area (Å²) in [5, 5.41) is 20.7. The van der Waals surface area contributed by atoms with E-state index in [9.17, 15) is 15.0 Å². The normalized spacial score (nSPS) is 23.5. The first-order valence-electron chi connectivity index (χ1n) is 7.15. The maximum absolute atomic E-state index is 11.5. The summed E-state index contributed by atoms with van der Waals surface area (Å²) in [5.74, 6) is -0.866. The number of rotatable bonds is 3. The Morgan fingerprint density at radius 3 is 2.90 bits per heavy atom. The highest BCUT2D eigenvalue weighted by molar-refractivity contribution is 7.21. The van der Waals surface area contributed by atoms with E-state index in [0.717, 1.165) is 35.0 Å². The first kappa shape index (κ1) is 14.5. The van der Waals surface area contributed by atoms with Gasteiger partial charge in [0.25, 0.3) is 0 Å². The van der Waals surface area contributed by atoms with Crippen molar-refractivity contribution < 1.29 is 15.0 Å². The number of thiophene rings is 1. The van der Waals surface area contributed by atoms with E-state index in [1.807, 2.05) is 31.2 Å². The summed E-state index contributed by atoms with van der Waals surface area (Å²) in [4.78, 5) is 14.1. The molecule has 1 atom stereocenters. The summed E-state index contributed by atoms with van der Waals surface area (Å²) < 4.78 is 1.01. The number of aliphatic hydroxyl groups is 1. The fourth-order valence-corrected chi connectivity index (χ4v) is 4.16. The summed E-state index contributed by atoms with van der Waals surface area (Å²) in [7, 11) is 0. The molecule has 112 valence electrons. The lowest BCUT2D eigenvalue weighted by Gasteiger charge is -2.36. The highest BCUT2D eigenvalue weighted by atomic mass is 32.1. The van der Waals surface area contributed by atoms with E-state index >= 15 is 0 Å². The number of hydrogen-bond acceptors (Lipinski definition) is 4. The van der Waals surface area contributed by atoms with Crippen LogP contribution in [-0.2, 0) is 6.54 Å². The van der Waals surface area contributed by atoms with Gasteiger partial charge < -0.3 is 10.2 Å². The second kappa shape index (κ2) is 5.40. The van der Waals surface area contributed by atoms with Crippen LogP contribution in [0.5, 0.6) is 0 Å². The largest absolute Gasteiger partial charge is 0.477 e. The average Bonchev–Trinajstić information content (AvgIpc) is 2.77. The highest BCUT2D eigenvalue weighted by Gasteiger charge is 2.29. The summed E-state index contributed by atoms with van der Waals surface area (Å²) in [6.07, 6.45) is 1.75. The van der Waals surface area contributed by atoms with Crippen molar-refractivity contribution in [3.05, 3.63) is 34.7 Å². The molecule has 0 aliphatic carbocycles. The van der Waals surface area contributed by atoms with Gasteiger partial charge in [-0.3, -0.25) is 4.90 Å². The van der Waals surface area contributed by atoms with Crippen molar-refractivity contribution >= 4 is 27.4 Å². The molecule has 1 aliphatic rings. The van der Waals surface area contributed by atoms with Gasteiger partial charge in [0.1, 0.15) is 4.88 Å². The molecule has 2 heterocycles. The number of fused-ring (bicyclic) bond motifs is 1. The molecule has 0 bridgehead atoms. The van der Waals surface area contributed by atoms with E-state index < -0.39 is 11.6 Å². The van der Waals surface area contributed by atoms with Crippen molar-refractivity contribution in [2.45, 2.75) is 31.9 Å². The lowest BCUT2D eigenvalue weighted by molar-refractivity contribution is -0.0180. The standard InChI is InChI=1S/C16H19NO3S/c1-16(20)7-4-8-17(10-16)9-12-11-5-2-3-6-13(11)21-14(12)15(18)19/h2-3,5-6,20H,4,7-10H2,1H3,(H,18,19). The number of likely N-dealkylation sites (tertiary alicyclic amines) is 1. The van der Waals surface area contributed by atoms with Gasteiger partial charge in [0.15, 0.2) is 0 Å². The predicted molar refractivity (Wildman–Crippen MR) is 83.9 cm³/mol. The highest BCUT2D eigenvalue weighted by Crippen LogP contribution is 2.33. The van der Waals surface area contributed by atoms with E-state index in [2.05, 4.69) is 4.90 Å². The molecule has 21 heavy (non-hydrogen) atoms. The Morgan fingerprint density at radius 1 is 1.43 bits per heavy atom. The molecule has 2 N–H and O–H groups in total. The van der Waals surface area contributed by atoms with E-state index in [4.69, 9.17) is 0 Å². The van der Waals surface area contributed by atoms with Crippen LogP contribution in [0.3, 0.4) is 0 Å². The van der Waals surface area contributed by atoms with Crippen molar-refractivity contribution in [3.63, 3.8) is 0 Å². The van der Waals surface area contributed by atoms with Crippen LogP contribution in [0.15, 0.2) is 24.3 Å². The van der Waals surface area contributed by atoms with Gasteiger partial charge in [-0.15, -0.1) is 11.3 Å². The van der Waals surface area contributed by atoms with Crippen LogP contribution < -0.4 is 0 Å². The minimum Gasteiger partial charge on any atom is -0.477 e. The topological polar surface area (TPSA) is 60.8 Å². The maximum Gasteiger partial charge on any atom is 0.346 e. The van der Waals surface area contributed by atoms with Crippen molar-refractivity contribution in [2.75, 3.05) is 13.1 Å². The third-order valence-electron chi connectivity index (χ3n) is 4.03. The van der Waals surface area contributed by atoms with Gasteiger partial charge in [-0.25, -0.2) is 4.79 Å². The number of nitrogens with zero attached hydrogens (tertiary/aromatic N) is 1. The number of carbonyl (C=O) groups is 1. The van der Waals surface area contributed by atoms with E-state index in [-0.39, 0.29) is 0 Å². The van der Waals surface area contributed by atoms with Gasteiger partial charge in [-0.1, -0.05) is 18.2 Å². The molecule has 1 aliphatic heterocycles. The molecule has 4 nitrogen and oxygen atoms in total. The SMILES string of the molecule is CC1(O)CCCN(Cc2c(C(=O)O)sc3ccccc23)C1. The zero-order valence-electron chi connectivity index (χ0n) is 12.0. The van der Waals surface area contributed by atoms with Crippen LogP contribution in [0.2, 0.25) is 0 Å². The van der Waals surface area contributed by atoms with E-state index in [0.29, 0.717) is 18.0 Å². The minimum atomic E-state index is -0.866. The van der Waals surface area contributed by atoms with Gasteiger partial charge in [-0.2, -0.15) is 0 Å². The van der Waals surface area contributed by atoms with Crippen LogP contribution in [-0.4, -0.2) is 39.8 Å². The molecule has 3 rings (SSSR count). The van der Waals surface area contributed by atoms with Crippen LogP contribution >= 0.6 is 11.3 Å². The number of aromatic carboxylic acids is 1. The minimum absolute atomic E-state index is 0.418. The lowest BCUT2D eigenvalue weighted by atomic mass is 9.94. The van der Waals surface area contributed by atoms with Gasteiger partial charge in [0.05, 0.1) is 5.60 Å². The Balaban J connectivity index is 1.95. The molecule has 1 fully saturated rings. The first-order valence-corrected chi connectivity index (χ1v) is 7.96. The van der Waals surface area contributed by atoms with Crippen LogP contribution in [0.25, 0.3) is 10.1 Å². The lowest BCUT2D eigenvalue weighted by Crippen LogP contribution is -2.45. The second-order valence-corrected chi connectivity index (χ2v) is 7.07. The number of piperidine rings is 1. The second-order valence-electron chi connectivity index (χ2n) is 6.02. The monoisotopic (exact) mass is 305 g/mol. The van der Waals surface area contributed by atoms with Crippen LogP contribution in [0, 0.1) is 0 Å². The number of β-amino-alcohol motifs (C(OH)–C–C–N with tert-alkyl or cyclic N) is 1. The van der Waals surface area contributed by atoms with Crippen molar-refractivity contribution in [2.24, 2.45) is 0 Å². The molecule has 5 heteroatoms. The third-order valence-corrected chi connectivity index (χ3v) is 5.23. The molecule has 1 saturated heterocycles. The van der Waals surface area contributed by atoms with Gasteiger partial charge >= 0.3 is 5.97 Å². The number of carboxylic acid groups (broad SMARTS) is 1. The quantitative estimate of drug-likeness (QED) is 0.915. The van der Waals surface area contributed by atoms with Crippen molar-refractivity contribution in [1.29, 1.82) is 0 Å². The summed E-state index contributed by atoms with van der Waals surface area (Å²) in [5.41, 5.74) is 0.203. The Labute approximate surface area is 127 Å². The van der Waals surface area contributed by atoms with E-state index in [1.54, 1.807) is 0 Å². The zero-order valence-corrected chi connectivity index (χ0v) is 12.8. The molecule has 1 aromatic carbocycles. The Morgan fingerprint density at radius 2 is 2.19 bits per heavy atom. The van der Waals surface area contributed by atoms with E-state index in [1.165, 1.54) is 11.3 Å². The molecule has 1 unspecified atom stereocenters. The number of carboxylic acids is 1. The Hall–Kier alpha value is -1.43. The third kappa shape index (κ3) is 2.95. The van der Waals surface area contributed by atoms with Gasteiger partial charge in [0, 0.05) is 17.8 Å². The molecule has 0 radical (unpaired) electrons. The molecule has 0 saturated carbocycles.